The summed E-state index contributed by atoms with van der Waals surface area (Å²) in [5.74, 6) is -0.0466. The van der Waals surface area contributed by atoms with Crippen molar-refractivity contribution in [2.24, 2.45) is 23.2 Å². The minimum Gasteiger partial charge on any atom is -0.465 e. The van der Waals surface area contributed by atoms with E-state index in [2.05, 4.69) is 46.8 Å². The quantitative estimate of drug-likeness (QED) is 0.448. The van der Waals surface area contributed by atoms with Gasteiger partial charge >= 0.3 is 5.97 Å². The highest BCUT2D eigenvalue weighted by Crippen LogP contribution is 2.26. The number of benzene rings is 1. The van der Waals surface area contributed by atoms with Crippen LogP contribution in [0.25, 0.3) is 0 Å². The van der Waals surface area contributed by atoms with Crippen LogP contribution in [-0.2, 0) is 20.7 Å². The molecular weight excluding hydrogens is 348 g/mol. The first-order valence-electron chi connectivity index (χ1n) is 10.7. The van der Waals surface area contributed by atoms with Gasteiger partial charge in [0.25, 0.3) is 0 Å². The molecule has 158 valence electrons. The van der Waals surface area contributed by atoms with E-state index in [0.717, 1.165) is 18.4 Å². The van der Waals surface area contributed by atoms with Crippen LogP contribution in [0.4, 0.5) is 0 Å². The molecule has 0 radical (unpaired) electrons. The molecule has 3 heteroatoms. The first-order valence-corrected chi connectivity index (χ1v) is 10.7. The second-order valence-electron chi connectivity index (χ2n) is 10.1. The lowest BCUT2D eigenvalue weighted by molar-refractivity contribution is -0.152. The molecule has 0 aliphatic heterocycles. The maximum absolute atomic E-state index is 12.9. The van der Waals surface area contributed by atoms with Crippen LogP contribution in [0.5, 0.6) is 0 Å². The highest BCUT2D eigenvalue weighted by atomic mass is 16.5. The van der Waals surface area contributed by atoms with E-state index >= 15 is 0 Å². The Balaban J connectivity index is 2.70. The summed E-state index contributed by atoms with van der Waals surface area (Å²) in [6, 6.07) is 8.32. The molecule has 1 rings (SSSR count). The lowest BCUT2D eigenvalue weighted by Crippen LogP contribution is -2.28. The lowest BCUT2D eigenvalue weighted by atomic mass is 9.85. The van der Waals surface area contributed by atoms with E-state index < -0.39 is 0 Å². The zero-order chi connectivity index (χ0) is 21.5. The van der Waals surface area contributed by atoms with Gasteiger partial charge in [-0.3, -0.25) is 9.59 Å². The van der Waals surface area contributed by atoms with Crippen LogP contribution < -0.4 is 0 Å². The number of hydrogen-bond donors (Lipinski definition) is 0. The second-order valence-corrected chi connectivity index (χ2v) is 10.1. The van der Waals surface area contributed by atoms with E-state index in [1.165, 1.54) is 5.56 Å². The van der Waals surface area contributed by atoms with Crippen LogP contribution in [0.3, 0.4) is 0 Å². The molecule has 0 fully saturated rings. The highest BCUT2D eigenvalue weighted by molar-refractivity contribution is 5.89. The normalized spacial score (nSPS) is 14.2. The lowest BCUT2D eigenvalue weighted by Gasteiger charge is -2.22. The Kier molecular flexibility index (Phi) is 9.39. The molecule has 1 aromatic carbocycles. The van der Waals surface area contributed by atoms with Crippen molar-refractivity contribution in [1.29, 1.82) is 0 Å². The Bertz CT molecular complexity index is 620. The van der Waals surface area contributed by atoms with Crippen molar-refractivity contribution < 1.29 is 14.3 Å². The summed E-state index contributed by atoms with van der Waals surface area (Å²) >= 11 is 0. The highest BCUT2D eigenvalue weighted by Gasteiger charge is 2.29. The summed E-state index contributed by atoms with van der Waals surface area (Å²) in [4.78, 5) is 25.4. The number of ketones is 1. The fourth-order valence-electron chi connectivity index (χ4n) is 3.15. The van der Waals surface area contributed by atoms with Crippen molar-refractivity contribution in [3.63, 3.8) is 0 Å². The number of hydrogen-bond acceptors (Lipinski definition) is 3. The van der Waals surface area contributed by atoms with Crippen molar-refractivity contribution in [1.82, 2.24) is 0 Å². The van der Waals surface area contributed by atoms with E-state index in [4.69, 9.17) is 4.74 Å². The van der Waals surface area contributed by atoms with Crippen molar-refractivity contribution in [3.8, 4) is 0 Å². The van der Waals surface area contributed by atoms with Crippen molar-refractivity contribution in [3.05, 3.63) is 35.4 Å². The molecule has 0 spiro atoms. The largest absolute Gasteiger partial charge is 0.465 e. The molecule has 0 aliphatic carbocycles. The monoisotopic (exact) mass is 388 g/mol. The van der Waals surface area contributed by atoms with Crippen LogP contribution in [0.2, 0.25) is 0 Å². The molecule has 0 aliphatic rings. The van der Waals surface area contributed by atoms with Crippen molar-refractivity contribution >= 4 is 11.8 Å². The Hall–Kier alpha value is -1.64. The Morgan fingerprint density at radius 1 is 0.964 bits per heavy atom. The molecule has 0 saturated heterocycles. The predicted octanol–water partition coefficient (Wildman–Crippen LogP) is 6.20. The third-order valence-corrected chi connectivity index (χ3v) is 5.23. The summed E-state index contributed by atoms with van der Waals surface area (Å²) in [7, 11) is 0. The van der Waals surface area contributed by atoms with Gasteiger partial charge in [-0.05, 0) is 41.2 Å². The van der Waals surface area contributed by atoms with Crippen LogP contribution >= 0.6 is 0 Å². The van der Waals surface area contributed by atoms with Crippen LogP contribution in [0, 0.1) is 23.2 Å². The van der Waals surface area contributed by atoms with Crippen LogP contribution in [0.15, 0.2) is 24.3 Å². The van der Waals surface area contributed by atoms with Crippen molar-refractivity contribution in [2.45, 2.75) is 80.6 Å². The molecule has 0 bridgehead atoms. The SMILES string of the molecule is CC(C)Cc1ccc(C(C)C(=O)C[C@H](C(=O)OCCC(C)(C)C)C(C)C)cc1. The van der Waals surface area contributed by atoms with Gasteiger partial charge in [-0.25, -0.2) is 0 Å². The number of Topliss-reactive ketones (excluding diaryl/α,β-unsaturated/α-hetero) is 1. The molecule has 0 heterocycles. The molecule has 2 atom stereocenters. The van der Waals surface area contributed by atoms with E-state index in [9.17, 15) is 9.59 Å². The van der Waals surface area contributed by atoms with Gasteiger partial charge in [-0.2, -0.15) is 0 Å². The Morgan fingerprint density at radius 2 is 1.54 bits per heavy atom. The summed E-state index contributed by atoms with van der Waals surface area (Å²) in [6.45, 7) is 17.1. The summed E-state index contributed by atoms with van der Waals surface area (Å²) in [5, 5.41) is 0. The van der Waals surface area contributed by atoms with Gasteiger partial charge in [-0.1, -0.05) is 79.7 Å². The van der Waals surface area contributed by atoms with Crippen LogP contribution in [-0.4, -0.2) is 18.4 Å². The summed E-state index contributed by atoms with van der Waals surface area (Å²) in [6.07, 6.45) is 2.09. The van der Waals surface area contributed by atoms with E-state index in [-0.39, 0.29) is 41.3 Å². The maximum atomic E-state index is 12.9. The molecule has 0 amide bonds. The van der Waals surface area contributed by atoms with E-state index in [1.54, 1.807) is 0 Å². The Labute approximate surface area is 172 Å². The number of carbonyl (C=O) groups is 2. The molecule has 28 heavy (non-hydrogen) atoms. The molecule has 0 saturated carbocycles. The fraction of sp³-hybridized carbons (Fsp3) is 0.680. The average Bonchev–Trinajstić information content (AvgIpc) is 2.57. The molecule has 0 aromatic heterocycles. The standard InChI is InChI=1S/C25H40O3/c1-17(2)15-20-9-11-21(12-10-20)19(5)23(26)16-22(18(3)4)24(27)28-14-13-25(6,7)8/h9-12,17-19,22H,13-16H2,1-8H3/t19?,22-/m0/s1. The maximum Gasteiger partial charge on any atom is 0.309 e. The van der Waals surface area contributed by atoms with Crippen LogP contribution in [0.1, 0.15) is 85.3 Å². The number of carbonyl (C=O) groups excluding carboxylic acids is 2. The topological polar surface area (TPSA) is 43.4 Å². The molecule has 0 N–H and O–H groups in total. The zero-order valence-electron chi connectivity index (χ0n) is 19.2. The van der Waals surface area contributed by atoms with Crippen molar-refractivity contribution in [2.75, 3.05) is 6.61 Å². The summed E-state index contributed by atoms with van der Waals surface area (Å²) in [5.41, 5.74) is 2.43. The number of esters is 1. The van der Waals surface area contributed by atoms with E-state index in [0.29, 0.717) is 12.5 Å². The van der Waals surface area contributed by atoms with Gasteiger partial charge in [0.15, 0.2) is 0 Å². The first kappa shape index (κ1) is 24.4. The van der Waals surface area contributed by atoms with Gasteiger partial charge in [0.2, 0.25) is 0 Å². The predicted molar refractivity (Wildman–Crippen MR) is 116 cm³/mol. The van der Waals surface area contributed by atoms with Gasteiger partial charge in [0.05, 0.1) is 12.5 Å². The smallest absolute Gasteiger partial charge is 0.309 e. The minimum atomic E-state index is -0.380. The first-order chi connectivity index (χ1) is 12.9. The number of rotatable bonds is 10. The second kappa shape index (κ2) is 10.8. The average molecular weight is 389 g/mol. The zero-order valence-corrected chi connectivity index (χ0v) is 19.2. The third-order valence-electron chi connectivity index (χ3n) is 5.23. The number of ether oxygens (including phenoxy) is 1. The van der Waals surface area contributed by atoms with Gasteiger partial charge < -0.3 is 4.74 Å². The fourth-order valence-corrected chi connectivity index (χ4v) is 3.15. The Morgan fingerprint density at radius 3 is 2.00 bits per heavy atom. The van der Waals surface area contributed by atoms with Gasteiger partial charge in [0, 0.05) is 12.3 Å². The van der Waals surface area contributed by atoms with Gasteiger partial charge in [-0.15, -0.1) is 0 Å². The molecule has 1 unspecified atom stereocenters. The van der Waals surface area contributed by atoms with Gasteiger partial charge in [0.1, 0.15) is 5.78 Å². The molecule has 1 aromatic rings. The summed E-state index contributed by atoms with van der Waals surface area (Å²) < 4.78 is 5.49. The third kappa shape index (κ3) is 8.58. The molecule has 3 nitrogen and oxygen atoms in total. The van der Waals surface area contributed by atoms with E-state index in [1.807, 2.05) is 32.9 Å². The minimum absolute atomic E-state index is 0.0757. The molecular formula is C25H40O3.